The van der Waals surface area contributed by atoms with Gasteiger partial charge in [0, 0.05) is 17.5 Å². The Morgan fingerprint density at radius 3 is 2.48 bits per heavy atom. The van der Waals surface area contributed by atoms with Crippen LogP contribution in [0.5, 0.6) is 11.5 Å². The highest BCUT2D eigenvalue weighted by Gasteiger charge is 2.36. The molecule has 1 aliphatic heterocycles. The van der Waals surface area contributed by atoms with Crippen LogP contribution in [0, 0.1) is 26.1 Å². The first-order valence-electron chi connectivity index (χ1n) is 8.57. The van der Waals surface area contributed by atoms with Gasteiger partial charge in [-0.1, -0.05) is 13.8 Å². The molecule has 11 heteroatoms. The van der Waals surface area contributed by atoms with Crippen LogP contribution >= 0.6 is 0 Å². The fraction of sp³-hybridized carbons (Fsp3) is 0.278. The first-order valence-corrected chi connectivity index (χ1v) is 8.57. The number of rotatable bonds is 6. The van der Waals surface area contributed by atoms with Crippen LogP contribution in [0.15, 0.2) is 41.5 Å². The van der Waals surface area contributed by atoms with Crippen molar-refractivity contribution < 1.29 is 24.4 Å². The summed E-state index contributed by atoms with van der Waals surface area (Å²) in [5.74, 6) is 0.350. The van der Waals surface area contributed by atoms with Gasteiger partial charge in [-0.3, -0.25) is 20.2 Å². The fourth-order valence-corrected chi connectivity index (χ4v) is 2.80. The third-order valence-corrected chi connectivity index (χ3v) is 4.26. The van der Waals surface area contributed by atoms with Crippen molar-refractivity contribution in [2.24, 2.45) is 11.0 Å². The summed E-state index contributed by atoms with van der Waals surface area (Å²) in [6, 6.07) is 7.82. The summed E-state index contributed by atoms with van der Waals surface area (Å²) in [6.45, 7) is 3.70. The molecule has 0 fully saturated rings. The molecule has 3 rings (SSSR count). The van der Waals surface area contributed by atoms with E-state index in [1.54, 1.807) is 6.07 Å². The number of nitrogens with zero attached hydrogens (tertiary/aromatic N) is 4. The number of methoxy groups -OCH3 is 1. The number of hydrogen-bond acceptors (Lipinski definition) is 9. The lowest BCUT2D eigenvalue weighted by atomic mass is 10.1. The second-order valence-electron chi connectivity index (χ2n) is 6.53. The summed E-state index contributed by atoms with van der Waals surface area (Å²) in [5.41, 5.74) is -0.330. The summed E-state index contributed by atoms with van der Waals surface area (Å²) in [6.07, 6.45) is -0.887. The molecule has 0 saturated carbocycles. The first-order chi connectivity index (χ1) is 13.7. The molecule has 1 heterocycles. The highest BCUT2D eigenvalue weighted by Crippen LogP contribution is 2.42. The fourth-order valence-electron chi connectivity index (χ4n) is 2.80. The zero-order valence-electron chi connectivity index (χ0n) is 15.8. The SMILES string of the molecule is COc1cc(C2OC(C(C)C)=NN2c2ccc([N+](=O)[O-])cc2[N+](=O)[O-])ccc1O. The summed E-state index contributed by atoms with van der Waals surface area (Å²) in [4.78, 5) is 21.2. The number of ether oxygens (including phenoxy) is 2. The lowest BCUT2D eigenvalue weighted by molar-refractivity contribution is -0.393. The molecule has 0 bridgehead atoms. The second-order valence-corrected chi connectivity index (χ2v) is 6.53. The Labute approximate surface area is 165 Å². The van der Waals surface area contributed by atoms with Crippen LogP contribution in [0.4, 0.5) is 17.1 Å². The van der Waals surface area contributed by atoms with E-state index in [2.05, 4.69) is 5.10 Å². The van der Waals surface area contributed by atoms with E-state index < -0.39 is 27.4 Å². The van der Waals surface area contributed by atoms with Crippen LogP contribution < -0.4 is 9.75 Å². The highest BCUT2D eigenvalue weighted by atomic mass is 16.6. The molecule has 0 spiro atoms. The van der Waals surface area contributed by atoms with Gasteiger partial charge < -0.3 is 14.6 Å². The maximum Gasteiger partial charge on any atom is 0.301 e. The van der Waals surface area contributed by atoms with Gasteiger partial charge in [0.25, 0.3) is 5.69 Å². The van der Waals surface area contributed by atoms with Gasteiger partial charge >= 0.3 is 5.69 Å². The van der Waals surface area contributed by atoms with E-state index in [-0.39, 0.29) is 23.1 Å². The standard InChI is InChI=1S/C18H18N4O7/c1-10(2)17-19-20(13-6-5-12(21(24)25)9-14(13)22(26)27)18(29-17)11-4-7-15(23)16(8-11)28-3/h4-10,18,23H,1-3H3. The van der Waals surface area contributed by atoms with Gasteiger partial charge in [0.1, 0.15) is 5.69 Å². The quantitative estimate of drug-likeness (QED) is 0.569. The average molecular weight is 402 g/mol. The van der Waals surface area contributed by atoms with Gasteiger partial charge in [-0.25, -0.2) is 5.01 Å². The second kappa shape index (κ2) is 7.62. The molecule has 0 amide bonds. The molecule has 1 unspecified atom stereocenters. The van der Waals surface area contributed by atoms with Crippen LogP contribution in [-0.2, 0) is 4.74 Å². The van der Waals surface area contributed by atoms with Crippen molar-refractivity contribution in [3.63, 3.8) is 0 Å². The van der Waals surface area contributed by atoms with Crippen molar-refractivity contribution in [2.75, 3.05) is 12.1 Å². The maximum atomic E-state index is 11.6. The van der Waals surface area contributed by atoms with Crippen molar-refractivity contribution in [3.05, 3.63) is 62.2 Å². The number of non-ortho nitro benzene ring substituents is 1. The predicted octanol–water partition coefficient (Wildman–Crippen LogP) is 3.72. The number of benzene rings is 2. The summed E-state index contributed by atoms with van der Waals surface area (Å²) in [5, 5.41) is 38.1. The molecular weight excluding hydrogens is 384 g/mol. The van der Waals surface area contributed by atoms with Crippen LogP contribution in [0.2, 0.25) is 0 Å². The first kappa shape index (κ1) is 19.9. The van der Waals surface area contributed by atoms with E-state index >= 15 is 0 Å². The van der Waals surface area contributed by atoms with Gasteiger partial charge in [0.05, 0.1) is 23.0 Å². The molecule has 29 heavy (non-hydrogen) atoms. The Balaban J connectivity index is 2.13. The Bertz CT molecular complexity index is 1010. The number of hydrogen-bond donors (Lipinski definition) is 1. The Hall–Kier alpha value is -3.89. The molecule has 1 aliphatic rings. The van der Waals surface area contributed by atoms with Gasteiger partial charge in [-0.2, -0.15) is 0 Å². The van der Waals surface area contributed by atoms with E-state index in [1.165, 1.54) is 36.4 Å². The predicted molar refractivity (Wildman–Crippen MR) is 103 cm³/mol. The topological polar surface area (TPSA) is 141 Å². The minimum atomic E-state index is -0.887. The molecule has 0 saturated heterocycles. The van der Waals surface area contributed by atoms with Crippen LogP contribution in [-0.4, -0.2) is 28.0 Å². The minimum absolute atomic E-state index is 0.0355. The zero-order valence-corrected chi connectivity index (χ0v) is 15.8. The Kier molecular flexibility index (Phi) is 5.22. The van der Waals surface area contributed by atoms with Crippen LogP contribution in [0.25, 0.3) is 0 Å². The van der Waals surface area contributed by atoms with E-state index in [9.17, 15) is 25.3 Å². The summed E-state index contributed by atoms with van der Waals surface area (Å²) >= 11 is 0. The van der Waals surface area contributed by atoms with E-state index in [0.717, 1.165) is 6.07 Å². The third-order valence-electron chi connectivity index (χ3n) is 4.26. The average Bonchev–Trinajstić information content (AvgIpc) is 3.13. The number of anilines is 1. The Morgan fingerprint density at radius 1 is 1.17 bits per heavy atom. The molecular formula is C18H18N4O7. The molecule has 2 aromatic rings. The summed E-state index contributed by atoms with van der Waals surface area (Å²) < 4.78 is 11.0. The third kappa shape index (κ3) is 3.74. The van der Waals surface area contributed by atoms with Gasteiger partial charge in [0.2, 0.25) is 12.1 Å². The van der Waals surface area contributed by atoms with Crippen molar-refractivity contribution in [1.29, 1.82) is 0 Å². The van der Waals surface area contributed by atoms with Crippen LogP contribution in [0.3, 0.4) is 0 Å². The van der Waals surface area contributed by atoms with Crippen molar-refractivity contribution in [1.82, 2.24) is 0 Å². The largest absolute Gasteiger partial charge is 0.504 e. The molecule has 152 valence electrons. The molecule has 11 nitrogen and oxygen atoms in total. The van der Waals surface area contributed by atoms with Gasteiger partial charge in [-0.05, 0) is 24.3 Å². The van der Waals surface area contributed by atoms with Crippen molar-refractivity contribution in [3.8, 4) is 11.5 Å². The number of phenols is 1. The van der Waals surface area contributed by atoms with E-state index in [1.807, 2.05) is 13.8 Å². The molecule has 0 radical (unpaired) electrons. The molecule has 1 atom stereocenters. The monoisotopic (exact) mass is 402 g/mol. The highest BCUT2D eigenvalue weighted by molar-refractivity contribution is 5.83. The van der Waals surface area contributed by atoms with Crippen LogP contribution in [0.1, 0.15) is 25.6 Å². The smallest absolute Gasteiger partial charge is 0.301 e. The lowest BCUT2D eigenvalue weighted by Crippen LogP contribution is -2.21. The van der Waals surface area contributed by atoms with Gasteiger partial charge in [-0.15, -0.1) is 5.10 Å². The number of nitro benzene ring substituents is 2. The van der Waals surface area contributed by atoms with Crippen molar-refractivity contribution >= 4 is 23.0 Å². The molecule has 0 aliphatic carbocycles. The Morgan fingerprint density at radius 2 is 1.90 bits per heavy atom. The maximum absolute atomic E-state index is 11.6. The minimum Gasteiger partial charge on any atom is -0.504 e. The molecule has 0 aromatic heterocycles. The number of nitro groups is 2. The number of hydrazone groups is 1. The normalized spacial score (nSPS) is 15.8. The zero-order chi connectivity index (χ0) is 21.3. The summed E-state index contributed by atoms with van der Waals surface area (Å²) in [7, 11) is 1.39. The van der Waals surface area contributed by atoms with E-state index in [0.29, 0.717) is 11.5 Å². The van der Waals surface area contributed by atoms with Crippen molar-refractivity contribution in [2.45, 2.75) is 20.1 Å². The lowest BCUT2D eigenvalue weighted by Gasteiger charge is -2.22. The molecule has 2 aromatic carbocycles. The number of phenolic OH excluding ortho intramolecular Hbond substituents is 1. The van der Waals surface area contributed by atoms with E-state index in [4.69, 9.17) is 9.47 Å². The van der Waals surface area contributed by atoms with Gasteiger partial charge in [0.15, 0.2) is 11.5 Å². The number of aromatic hydroxyl groups is 1. The molecule has 1 N–H and O–H groups in total.